The van der Waals surface area contributed by atoms with Crippen molar-refractivity contribution in [2.45, 2.75) is 26.4 Å². The monoisotopic (exact) mass is 238 g/mol. The van der Waals surface area contributed by atoms with Crippen LogP contribution < -0.4 is 0 Å². The Labute approximate surface area is 89.6 Å². The van der Waals surface area contributed by atoms with Crippen LogP contribution in [0.25, 0.3) is 0 Å². The third-order valence-corrected chi connectivity index (χ3v) is 3.81. The van der Waals surface area contributed by atoms with Crippen LogP contribution in [0, 0.1) is 0 Å². The van der Waals surface area contributed by atoms with Gasteiger partial charge in [0, 0.05) is 0 Å². The first-order valence-corrected chi connectivity index (χ1v) is 5.94. The van der Waals surface area contributed by atoms with E-state index >= 15 is 0 Å². The summed E-state index contributed by atoms with van der Waals surface area (Å²) in [6.07, 6.45) is -0.806. The summed E-state index contributed by atoms with van der Waals surface area (Å²) in [5.41, 5.74) is -0.712. The van der Waals surface area contributed by atoms with Gasteiger partial charge in [0.15, 0.2) is 0 Å². The Morgan fingerprint density at radius 2 is 1.93 bits per heavy atom. The van der Waals surface area contributed by atoms with Gasteiger partial charge in [0.05, 0.1) is 7.05 Å². The van der Waals surface area contributed by atoms with Crippen LogP contribution in [0.15, 0.2) is 0 Å². The molecule has 6 nitrogen and oxygen atoms in total. The Kier molecular flexibility index (Phi) is 2.84. The molecule has 1 aliphatic heterocycles. The van der Waals surface area contributed by atoms with Gasteiger partial charge in [0.1, 0.15) is 18.8 Å². The predicted octanol–water partition coefficient (Wildman–Crippen LogP) is 0.643. The standard InChI is InChI=1S/C8H16NO5S/c1-8(2,3)14-7(10)9(4)5-6-13-15(9,11)12/h5-6H2,1-4H3/q+1. The molecule has 15 heavy (non-hydrogen) atoms. The zero-order valence-corrected chi connectivity index (χ0v) is 10.1. The highest BCUT2D eigenvalue weighted by Gasteiger charge is 2.54. The lowest BCUT2D eigenvalue weighted by Gasteiger charge is -2.25. The van der Waals surface area contributed by atoms with Crippen molar-refractivity contribution < 1.29 is 26.0 Å². The molecule has 1 fully saturated rings. The summed E-state index contributed by atoms with van der Waals surface area (Å²) >= 11 is 0. The minimum absolute atomic E-state index is 0.0120. The van der Waals surface area contributed by atoms with Crippen molar-refractivity contribution in [3.8, 4) is 0 Å². The second-order valence-electron chi connectivity index (χ2n) is 4.55. The number of hydrogen-bond donors (Lipinski definition) is 0. The first-order valence-electron chi connectivity index (χ1n) is 4.57. The third-order valence-electron chi connectivity index (χ3n) is 2.02. The van der Waals surface area contributed by atoms with Crippen molar-refractivity contribution in [2.24, 2.45) is 0 Å². The molecule has 0 radical (unpaired) electrons. The second-order valence-corrected chi connectivity index (χ2v) is 6.45. The lowest BCUT2D eigenvalue weighted by Crippen LogP contribution is -2.52. The summed E-state index contributed by atoms with van der Waals surface area (Å²) in [4.78, 5) is 11.7. The van der Waals surface area contributed by atoms with Gasteiger partial charge in [-0.25, -0.2) is 4.18 Å². The van der Waals surface area contributed by atoms with E-state index in [1.165, 1.54) is 7.05 Å². The summed E-state index contributed by atoms with van der Waals surface area (Å²) in [7, 11) is -2.62. The van der Waals surface area contributed by atoms with E-state index in [1.54, 1.807) is 20.8 Å². The van der Waals surface area contributed by atoms with Crippen LogP contribution in [0.1, 0.15) is 20.8 Å². The quantitative estimate of drug-likeness (QED) is 0.579. The molecule has 1 rings (SSSR count). The Bertz CT molecular complexity index is 369. The average molecular weight is 238 g/mol. The number of likely N-dealkylation sites (N-methyl/N-ethyl adjacent to an activating group) is 1. The van der Waals surface area contributed by atoms with Gasteiger partial charge < -0.3 is 4.74 Å². The number of ether oxygens (including phenoxy) is 1. The molecule has 0 aromatic rings. The lowest BCUT2D eigenvalue weighted by molar-refractivity contribution is -0.701. The van der Waals surface area contributed by atoms with E-state index < -0.39 is 25.9 Å². The number of nitrogens with zero attached hydrogens (tertiary/aromatic N) is 1. The van der Waals surface area contributed by atoms with E-state index in [0.29, 0.717) is 0 Å². The van der Waals surface area contributed by atoms with Crippen molar-refractivity contribution in [2.75, 3.05) is 20.2 Å². The minimum Gasteiger partial charge on any atom is -0.413 e. The summed E-state index contributed by atoms with van der Waals surface area (Å²) < 4.78 is 31.6. The van der Waals surface area contributed by atoms with E-state index in [0.717, 1.165) is 0 Å². The molecular formula is C8H16NO5S+. The maximum absolute atomic E-state index is 11.7. The van der Waals surface area contributed by atoms with Crippen LogP contribution in [0.4, 0.5) is 4.79 Å². The number of rotatable bonds is 0. The highest BCUT2D eigenvalue weighted by Crippen LogP contribution is 2.24. The van der Waals surface area contributed by atoms with Crippen molar-refractivity contribution in [3.63, 3.8) is 0 Å². The molecule has 0 aliphatic carbocycles. The molecule has 88 valence electrons. The molecule has 0 aromatic carbocycles. The Morgan fingerprint density at radius 1 is 1.40 bits per heavy atom. The second kappa shape index (κ2) is 3.43. The van der Waals surface area contributed by atoms with Crippen LogP contribution in [0.3, 0.4) is 0 Å². The fourth-order valence-corrected chi connectivity index (χ4v) is 2.12. The SMILES string of the molecule is CC(C)(C)OC(=O)[N+]1(C)CCOS1(=O)=O. The van der Waals surface area contributed by atoms with Crippen molar-refractivity contribution >= 4 is 16.4 Å². The smallest absolute Gasteiger partial charge is 0.413 e. The number of amides is 1. The predicted molar refractivity (Wildman–Crippen MR) is 52.2 cm³/mol. The van der Waals surface area contributed by atoms with Gasteiger partial charge in [-0.15, -0.1) is 8.42 Å². The van der Waals surface area contributed by atoms with Crippen LogP contribution in [0.5, 0.6) is 0 Å². The van der Waals surface area contributed by atoms with Gasteiger partial charge >= 0.3 is 16.4 Å². The molecule has 0 saturated carbocycles. The molecule has 0 bridgehead atoms. The molecular weight excluding hydrogens is 222 g/mol. The van der Waals surface area contributed by atoms with Gasteiger partial charge in [-0.3, -0.25) is 0 Å². The topological polar surface area (TPSA) is 69.7 Å². The Hall–Kier alpha value is -0.660. The van der Waals surface area contributed by atoms with Gasteiger partial charge in [-0.05, 0) is 20.8 Å². The molecule has 7 heteroatoms. The van der Waals surface area contributed by atoms with E-state index in [-0.39, 0.29) is 13.2 Å². The Balaban J connectivity index is 2.93. The summed E-state index contributed by atoms with van der Waals surface area (Å²) in [6, 6.07) is 0. The van der Waals surface area contributed by atoms with Gasteiger partial charge in [-0.2, -0.15) is 4.79 Å². The largest absolute Gasteiger partial charge is 0.534 e. The molecule has 1 aliphatic rings. The highest BCUT2D eigenvalue weighted by molar-refractivity contribution is 7.81. The lowest BCUT2D eigenvalue weighted by atomic mass is 10.2. The summed E-state index contributed by atoms with van der Waals surface area (Å²) in [5, 5.41) is 0. The fraction of sp³-hybridized carbons (Fsp3) is 0.875. The normalized spacial score (nSPS) is 30.1. The van der Waals surface area contributed by atoms with Crippen LogP contribution >= 0.6 is 0 Å². The maximum atomic E-state index is 11.7. The van der Waals surface area contributed by atoms with Gasteiger partial charge in [0.2, 0.25) is 0 Å². The number of carbonyl (C=O) groups is 1. The van der Waals surface area contributed by atoms with E-state index in [2.05, 4.69) is 4.18 Å². The molecule has 0 spiro atoms. The first-order chi connectivity index (χ1) is 6.58. The molecule has 1 unspecified atom stereocenters. The molecule has 0 aromatic heterocycles. The van der Waals surface area contributed by atoms with E-state index in [1.807, 2.05) is 0 Å². The van der Waals surface area contributed by atoms with Crippen molar-refractivity contribution in [1.82, 2.24) is 0 Å². The first kappa shape index (κ1) is 12.4. The number of hydrogen-bond acceptors (Lipinski definition) is 5. The zero-order valence-electron chi connectivity index (χ0n) is 9.31. The van der Waals surface area contributed by atoms with Crippen molar-refractivity contribution in [1.29, 1.82) is 0 Å². The van der Waals surface area contributed by atoms with Gasteiger partial charge in [0.25, 0.3) is 0 Å². The fourth-order valence-electron chi connectivity index (χ4n) is 1.09. The average Bonchev–Trinajstić information content (AvgIpc) is 2.24. The highest BCUT2D eigenvalue weighted by atomic mass is 32.2. The third kappa shape index (κ3) is 2.30. The molecule has 1 amide bonds. The number of carbonyl (C=O) groups excluding carboxylic acids is 1. The molecule has 1 atom stereocenters. The molecule has 0 N–H and O–H groups in total. The summed E-state index contributed by atoms with van der Waals surface area (Å²) in [5.74, 6) is 0. The summed E-state index contributed by atoms with van der Waals surface area (Å²) in [6.45, 7) is 5.14. The van der Waals surface area contributed by atoms with Crippen LogP contribution in [0.2, 0.25) is 0 Å². The zero-order chi connectivity index (χ0) is 11.9. The minimum atomic E-state index is -3.90. The van der Waals surface area contributed by atoms with Crippen molar-refractivity contribution in [3.05, 3.63) is 0 Å². The maximum Gasteiger partial charge on any atom is 0.534 e. The molecule has 1 saturated heterocycles. The Morgan fingerprint density at radius 3 is 2.27 bits per heavy atom. The van der Waals surface area contributed by atoms with Crippen LogP contribution in [-0.4, -0.2) is 44.2 Å². The van der Waals surface area contributed by atoms with E-state index in [4.69, 9.17) is 4.74 Å². The van der Waals surface area contributed by atoms with E-state index in [9.17, 15) is 13.2 Å². The van der Waals surface area contributed by atoms with Crippen LogP contribution in [-0.2, 0) is 19.2 Å². The number of quaternary nitrogens is 1. The van der Waals surface area contributed by atoms with Gasteiger partial charge in [-0.1, -0.05) is 3.89 Å². The molecule has 1 heterocycles.